The van der Waals surface area contributed by atoms with E-state index in [9.17, 15) is 0 Å². The molecule has 0 radical (unpaired) electrons. The molecule has 0 unspecified atom stereocenters. The van der Waals surface area contributed by atoms with E-state index in [0.717, 1.165) is 31.5 Å². The van der Waals surface area contributed by atoms with E-state index in [1.54, 1.807) is 0 Å². The Hall–Kier alpha value is -1.30. The predicted octanol–water partition coefficient (Wildman–Crippen LogP) is 2.05. The molecule has 1 aromatic rings. The first-order chi connectivity index (χ1) is 6.76. The first kappa shape index (κ1) is 9.26. The van der Waals surface area contributed by atoms with E-state index in [2.05, 4.69) is 11.1 Å². The molecule has 1 aromatic heterocycles. The molecule has 0 aliphatic heterocycles. The third-order valence-corrected chi connectivity index (χ3v) is 3.30. The fraction of sp³-hybridized carbons (Fsp3) is 0.636. The van der Waals surface area contributed by atoms with E-state index in [4.69, 9.17) is 5.26 Å². The largest absolute Gasteiger partial charge is 0.338 e. The molecule has 0 atom stereocenters. The molecule has 0 N–H and O–H groups in total. The number of nitriles is 1. The Morgan fingerprint density at radius 3 is 2.86 bits per heavy atom. The number of imidazole rings is 1. The molecule has 1 heterocycles. The summed E-state index contributed by atoms with van der Waals surface area (Å²) in [6, 6.07) is 2.46. The molecule has 0 aromatic carbocycles. The molecule has 0 spiro atoms. The lowest BCUT2D eigenvalue weighted by molar-refractivity contribution is 0.197. The van der Waals surface area contributed by atoms with Gasteiger partial charge in [0.2, 0.25) is 0 Å². The molecule has 74 valence electrons. The van der Waals surface area contributed by atoms with Crippen molar-refractivity contribution in [3.63, 3.8) is 0 Å². The predicted molar refractivity (Wildman–Crippen MR) is 53.4 cm³/mol. The van der Waals surface area contributed by atoms with Gasteiger partial charge in [-0.25, -0.2) is 4.98 Å². The lowest BCUT2D eigenvalue weighted by Crippen LogP contribution is -2.28. The average Bonchev–Trinajstić information content (AvgIpc) is 2.51. The smallest absolute Gasteiger partial charge is 0.108 e. The van der Waals surface area contributed by atoms with Crippen molar-refractivity contribution < 1.29 is 0 Å². The fourth-order valence-corrected chi connectivity index (χ4v) is 2.01. The molecule has 3 nitrogen and oxygen atoms in total. The van der Waals surface area contributed by atoms with Crippen LogP contribution in [0.5, 0.6) is 0 Å². The van der Waals surface area contributed by atoms with Gasteiger partial charge in [-0.05, 0) is 19.3 Å². The second-order valence-corrected chi connectivity index (χ2v) is 4.20. The summed E-state index contributed by atoms with van der Waals surface area (Å²) in [4.78, 5) is 4.27. The maximum Gasteiger partial charge on any atom is 0.108 e. The van der Waals surface area contributed by atoms with Crippen molar-refractivity contribution >= 4 is 0 Å². The van der Waals surface area contributed by atoms with Crippen molar-refractivity contribution in [3.05, 3.63) is 18.2 Å². The molecule has 2 rings (SSSR count). The molecule has 0 bridgehead atoms. The minimum atomic E-state index is -0.0219. The zero-order valence-corrected chi connectivity index (χ0v) is 8.53. The summed E-state index contributed by atoms with van der Waals surface area (Å²) in [5, 5.41) is 9.06. The van der Waals surface area contributed by atoms with E-state index < -0.39 is 0 Å². The van der Waals surface area contributed by atoms with Crippen LogP contribution in [-0.2, 0) is 13.5 Å². The number of nitrogens with zero attached hydrogens (tertiary/aromatic N) is 3. The Balaban J connectivity index is 1.95. The second-order valence-electron chi connectivity index (χ2n) is 4.20. The van der Waals surface area contributed by atoms with Gasteiger partial charge in [0.05, 0.1) is 11.5 Å². The van der Waals surface area contributed by atoms with E-state index in [1.165, 1.54) is 6.42 Å². The van der Waals surface area contributed by atoms with Crippen LogP contribution in [0.3, 0.4) is 0 Å². The molecule has 1 aliphatic carbocycles. The van der Waals surface area contributed by atoms with Crippen molar-refractivity contribution in [2.45, 2.75) is 32.1 Å². The van der Waals surface area contributed by atoms with Gasteiger partial charge in [-0.15, -0.1) is 0 Å². The molecule has 1 fully saturated rings. The number of rotatable bonds is 3. The highest BCUT2D eigenvalue weighted by Gasteiger charge is 2.36. The standard InChI is InChI=1S/C11H15N3/c1-14-8-7-13-10(14)3-6-11(9-12)4-2-5-11/h7-8H,2-6H2,1H3. The van der Waals surface area contributed by atoms with Crippen molar-refractivity contribution in [2.75, 3.05) is 0 Å². The van der Waals surface area contributed by atoms with Gasteiger partial charge in [0.1, 0.15) is 5.82 Å². The zero-order chi connectivity index (χ0) is 10.0. The molecular weight excluding hydrogens is 174 g/mol. The highest BCUT2D eigenvalue weighted by atomic mass is 15.0. The second kappa shape index (κ2) is 3.45. The van der Waals surface area contributed by atoms with E-state index in [1.807, 2.05) is 24.0 Å². The maximum absolute atomic E-state index is 9.06. The minimum Gasteiger partial charge on any atom is -0.338 e. The minimum absolute atomic E-state index is 0.0219. The van der Waals surface area contributed by atoms with Gasteiger partial charge < -0.3 is 4.57 Å². The summed E-state index contributed by atoms with van der Waals surface area (Å²) in [5.74, 6) is 1.09. The summed E-state index contributed by atoms with van der Waals surface area (Å²) in [6.07, 6.45) is 9.03. The highest BCUT2D eigenvalue weighted by Crippen LogP contribution is 2.43. The van der Waals surface area contributed by atoms with Gasteiger partial charge >= 0.3 is 0 Å². The molecule has 14 heavy (non-hydrogen) atoms. The van der Waals surface area contributed by atoms with Gasteiger partial charge in [-0.3, -0.25) is 0 Å². The molecule has 0 saturated heterocycles. The Kier molecular flexibility index (Phi) is 2.28. The third-order valence-electron chi connectivity index (χ3n) is 3.30. The summed E-state index contributed by atoms with van der Waals surface area (Å²) < 4.78 is 2.03. The third kappa shape index (κ3) is 1.52. The van der Waals surface area contributed by atoms with Crippen molar-refractivity contribution in [3.8, 4) is 6.07 Å². The molecule has 1 aliphatic rings. The number of hydrogen-bond donors (Lipinski definition) is 0. The Morgan fingerprint density at radius 2 is 2.43 bits per heavy atom. The lowest BCUT2D eigenvalue weighted by Gasteiger charge is -2.34. The van der Waals surface area contributed by atoms with Crippen molar-refractivity contribution in [1.29, 1.82) is 5.26 Å². The van der Waals surface area contributed by atoms with Gasteiger partial charge in [0.15, 0.2) is 0 Å². The SMILES string of the molecule is Cn1ccnc1CCC1(C#N)CCC1. The first-order valence-corrected chi connectivity index (χ1v) is 5.13. The zero-order valence-electron chi connectivity index (χ0n) is 8.53. The van der Waals surface area contributed by atoms with Crippen LogP contribution >= 0.6 is 0 Å². The monoisotopic (exact) mass is 189 g/mol. The Morgan fingerprint density at radius 1 is 1.64 bits per heavy atom. The van der Waals surface area contributed by atoms with Crippen LogP contribution in [0.15, 0.2) is 12.4 Å². The van der Waals surface area contributed by atoms with Gasteiger partial charge in [0.25, 0.3) is 0 Å². The van der Waals surface area contributed by atoms with Gasteiger partial charge in [0, 0.05) is 25.9 Å². The normalized spacial score (nSPS) is 18.6. The van der Waals surface area contributed by atoms with Crippen LogP contribution in [0.25, 0.3) is 0 Å². The topological polar surface area (TPSA) is 41.6 Å². The van der Waals surface area contributed by atoms with Gasteiger partial charge in [-0.1, -0.05) is 6.42 Å². The van der Waals surface area contributed by atoms with Crippen LogP contribution in [0.1, 0.15) is 31.5 Å². The summed E-state index contributed by atoms with van der Waals surface area (Å²) in [5.41, 5.74) is -0.0219. The fourth-order valence-electron chi connectivity index (χ4n) is 2.01. The number of hydrogen-bond acceptors (Lipinski definition) is 2. The summed E-state index contributed by atoms with van der Waals surface area (Å²) in [7, 11) is 2.00. The average molecular weight is 189 g/mol. The van der Waals surface area contributed by atoms with Crippen LogP contribution in [0.4, 0.5) is 0 Å². The van der Waals surface area contributed by atoms with Crippen LogP contribution in [0, 0.1) is 16.7 Å². The van der Waals surface area contributed by atoms with Crippen molar-refractivity contribution in [1.82, 2.24) is 9.55 Å². The van der Waals surface area contributed by atoms with Crippen molar-refractivity contribution in [2.24, 2.45) is 12.5 Å². The Labute approximate surface area is 84.4 Å². The van der Waals surface area contributed by atoms with Crippen LogP contribution in [0.2, 0.25) is 0 Å². The van der Waals surface area contributed by atoms with Crippen LogP contribution in [-0.4, -0.2) is 9.55 Å². The maximum atomic E-state index is 9.06. The van der Waals surface area contributed by atoms with E-state index in [-0.39, 0.29) is 5.41 Å². The summed E-state index contributed by atoms with van der Waals surface area (Å²) in [6.45, 7) is 0. The Bertz CT molecular complexity index is 355. The number of aromatic nitrogens is 2. The molecule has 0 amide bonds. The van der Waals surface area contributed by atoms with Crippen LogP contribution < -0.4 is 0 Å². The summed E-state index contributed by atoms with van der Waals surface area (Å²) >= 11 is 0. The molecule has 1 saturated carbocycles. The number of aryl methyl sites for hydroxylation is 2. The molecule has 3 heteroatoms. The first-order valence-electron chi connectivity index (χ1n) is 5.13. The molecular formula is C11H15N3. The quantitative estimate of drug-likeness (QED) is 0.730. The lowest BCUT2D eigenvalue weighted by atomic mass is 9.67. The van der Waals surface area contributed by atoms with E-state index >= 15 is 0 Å². The van der Waals surface area contributed by atoms with Gasteiger partial charge in [-0.2, -0.15) is 5.26 Å². The van der Waals surface area contributed by atoms with E-state index in [0.29, 0.717) is 0 Å². The highest BCUT2D eigenvalue weighted by molar-refractivity contribution is 5.06.